The van der Waals surface area contributed by atoms with E-state index in [4.69, 9.17) is 0 Å². The number of hydrogen-bond donors (Lipinski definition) is 0. The molecule has 1 rings (SSSR count). The molecule has 0 amide bonds. The van der Waals surface area contributed by atoms with Crippen LogP contribution in [-0.4, -0.2) is 6.29 Å². The maximum atomic E-state index is 10.8. The third-order valence-electron chi connectivity index (χ3n) is 3.25. The first-order valence-corrected chi connectivity index (χ1v) is 5.10. The van der Waals surface area contributed by atoms with Crippen LogP contribution in [0.15, 0.2) is 0 Å². The molecule has 0 N–H and O–H groups in total. The molecular formula is C11H20O. The van der Waals surface area contributed by atoms with Gasteiger partial charge < -0.3 is 4.79 Å². The van der Waals surface area contributed by atoms with Gasteiger partial charge in [-0.25, -0.2) is 0 Å². The Balaban J connectivity index is 2.56. The van der Waals surface area contributed by atoms with Gasteiger partial charge in [-0.2, -0.15) is 0 Å². The van der Waals surface area contributed by atoms with Crippen molar-refractivity contribution in [2.45, 2.75) is 40.0 Å². The summed E-state index contributed by atoms with van der Waals surface area (Å²) in [5.74, 6) is 2.43. The zero-order chi connectivity index (χ0) is 9.14. The lowest BCUT2D eigenvalue weighted by atomic mass is 9.71. The molecule has 0 aromatic heterocycles. The molecule has 0 aromatic rings. The van der Waals surface area contributed by atoms with Gasteiger partial charge in [0.1, 0.15) is 6.29 Å². The Morgan fingerprint density at radius 2 is 2.00 bits per heavy atom. The first kappa shape index (κ1) is 9.76. The maximum absolute atomic E-state index is 10.8. The van der Waals surface area contributed by atoms with Gasteiger partial charge in [-0.3, -0.25) is 0 Å². The first-order chi connectivity index (χ1) is 5.65. The van der Waals surface area contributed by atoms with Gasteiger partial charge in [-0.1, -0.05) is 27.2 Å². The second-order valence-corrected chi connectivity index (χ2v) is 4.63. The van der Waals surface area contributed by atoms with Crippen molar-refractivity contribution in [2.24, 2.45) is 23.7 Å². The summed E-state index contributed by atoms with van der Waals surface area (Å²) < 4.78 is 0. The summed E-state index contributed by atoms with van der Waals surface area (Å²) in [6, 6.07) is 0. The Morgan fingerprint density at radius 1 is 1.33 bits per heavy atom. The molecule has 0 unspecified atom stereocenters. The molecule has 1 aliphatic rings. The number of carbonyl (C=O) groups is 1. The normalized spacial score (nSPS) is 36.8. The van der Waals surface area contributed by atoms with Crippen LogP contribution in [0.4, 0.5) is 0 Å². The first-order valence-electron chi connectivity index (χ1n) is 5.10. The van der Waals surface area contributed by atoms with Crippen molar-refractivity contribution >= 4 is 6.29 Å². The zero-order valence-electron chi connectivity index (χ0n) is 8.42. The van der Waals surface area contributed by atoms with Crippen molar-refractivity contribution in [1.82, 2.24) is 0 Å². The second kappa shape index (κ2) is 4.06. The summed E-state index contributed by atoms with van der Waals surface area (Å²) >= 11 is 0. The van der Waals surface area contributed by atoms with E-state index in [1.807, 2.05) is 0 Å². The van der Waals surface area contributed by atoms with Gasteiger partial charge >= 0.3 is 0 Å². The van der Waals surface area contributed by atoms with Crippen molar-refractivity contribution < 1.29 is 4.79 Å². The Labute approximate surface area is 75.5 Å². The van der Waals surface area contributed by atoms with Gasteiger partial charge in [-0.05, 0) is 30.6 Å². The summed E-state index contributed by atoms with van der Waals surface area (Å²) in [4.78, 5) is 10.8. The van der Waals surface area contributed by atoms with Crippen LogP contribution in [0.1, 0.15) is 40.0 Å². The largest absolute Gasteiger partial charge is 0.303 e. The monoisotopic (exact) mass is 168 g/mol. The molecule has 1 aliphatic carbocycles. The predicted octanol–water partition coefficient (Wildman–Crippen LogP) is 2.89. The fourth-order valence-electron chi connectivity index (χ4n) is 2.43. The lowest BCUT2D eigenvalue weighted by Gasteiger charge is -2.34. The Morgan fingerprint density at radius 3 is 2.50 bits per heavy atom. The second-order valence-electron chi connectivity index (χ2n) is 4.63. The Kier molecular flexibility index (Phi) is 3.30. The predicted molar refractivity (Wildman–Crippen MR) is 50.9 cm³/mol. The fourth-order valence-corrected chi connectivity index (χ4v) is 2.43. The van der Waals surface area contributed by atoms with Crippen molar-refractivity contribution in [3.05, 3.63) is 0 Å². The third kappa shape index (κ3) is 2.09. The van der Waals surface area contributed by atoms with Gasteiger partial charge in [0, 0.05) is 5.92 Å². The van der Waals surface area contributed by atoms with Crippen molar-refractivity contribution in [1.29, 1.82) is 0 Å². The molecule has 0 heterocycles. The molecule has 1 fully saturated rings. The lowest BCUT2D eigenvalue weighted by Crippen LogP contribution is -2.28. The van der Waals surface area contributed by atoms with Crippen LogP contribution in [0.2, 0.25) is 0 Å². The molecule has 1 heteroatoms. The van der Waals surface area contributed by atoms with Crippen LogP contribution in [-0.2, 0) is 4.79 Å². The van der Waals surface area contributed by atoms with Gasteiger partial charge in [0.2, 0.25) is 0 Å². The van der Waals surface area contributed by atoms with E-state index in [1.165, 1.54) is 19.1 Å². The van der Waals surface area contributed by atoms with Crippen LogP contribution in [0.25, 0.3) is 0 Å². The van der Waals surface area contributed by atoms with Crippen LogP contribution in [0, 0.1) is 23.7 Å². The summed E-state index contributed by atoms with van der Waals surface area (Å²) in [5, 5.41) is 0. The van der Waals surface area contributed by atoms with Crippen molar-refractivity contribution in [3.63, 3.8) is 0 Å². The minimum Gasteiger partial charge on any atom is -0.303 e. The molecule has 0 aromatic carbocycles. The maximum Gasteiger partial charge on any atom is 0.123 e. The highest BCUT2D eigenvalue weighted by molar-refractivity contribution is 5.54. The minimum absolute atomic E-state index is 0.341. The average molecular weight is 168 g/mol. The van der Waals surface area contributed by atoms with Gasteiger partial charge in [-0.15, -0.1) is 0 Å². The summed E-state index contributed by atoms with van der Waals surface area (Å²) in [6.07, 6.45) is 4.86. The van der Waals surface area contributed by atoms with Crippen molar-refractivity contribution in [2.75, 3.05) is 0 Å². The smallest absolute Gasteiger partial charge is 0.123 e. The van der Waals surface area contributed by atoms with E-state index >= 15 is 0 Å². The topological polar surface area (TPSA) is 17.1 Å². The quantitative estimate of drug-likeness (QED) is 0.579. The summed E-state index contributed by atoms with van der Waals surface area (Å²) in [7, 11) is 0. The van der Waals surface area contributed by atoms with Crippen molar-refractivity contribution in [3.8, 4) is 0 Å². The minimum atomic E-state index is 0.341. The van der Waals surface area contributed by atoms with Crippen LogP contribution in [0.3, 0.4) is 0 Å². The van der Waals surface area contributed by atoms with Gasteiger partial charge in [0.15, 0.2) is 0 Å². The molecule has 1 nitrogen and oxygen atoms in total. The van der Waals surface area contributed by atoms with E-state index < -0.39 is 0 Å². The molecule has 0 saturated heterocycles. The fraction of sp³-hybridized carbons (Fsp3) is 0.909. The molecule has 12 heavy (non-hydrogen) atoms. The number of rotatable bonds is 2. The number of hydrogen-bond acceptors (Lipinski definition) is 1. The van der Waals surface area contributed by atoms with Crippen LogP contribution < -0.4 is 0 Å². The van der Waals surface area contributed by atoms with Crippen LogP contribution >= 0.6 is 0 Å². The SMILES string of the molecule is CC(C)[C@@H]1CC[C@@H](C)C[C@@H]1C=O. The molecule has 1 saturated carbocycles. The molecule has 70 valence electrons. The number of aldehydes is 1. The van der Waals surface area contributed by atoms with Crippen LogP contribution in [0.5, 0.6) is 0 Å². The molecule has 3 atom stereocenters. The highest BCUT2D eigenvalue weighted by Gasteiger charge is 2.29. The highest BCUT2D eigenvalue weighted by atomic mass is 16.1. The highest BCUT2D eigenvalue weighted by Crippen LogP contribution is 2.36. The molecule has 0 radical (unpaired) electrons. The van der Waals surface area contributed by atoms with E-state index in [0.717, 1.165) is 12.3 Å². The molecule has 0 bridgehead atoms. The van der Waals surface area contributed by atoms with E-state index in [1.54, 1.807) is 0 Å². The Hall–Kier alpha value is -0.330. The summed E-state index contributed by atoms with van der Waals surface area (Å²) in [6.45, 7) is 6.72. The van der Waals surface area contributed by atoms with E-state index in [2.05, 4.69) is 20.8 Å². The number of carbonyl (C=O) groups excluding carboxylic acids is 1. The van der Waals surface area contributed by atoms with Gasteiger partial charge in [0.25, 0.3) is 0 Å². The van der Waals surface area contributed by atoms with E-state index in [0.29, 0.717) is 17.8 Å². The van der Waals surface area contributed by atoms with Gasteiger partial charge in [0.05, 0.1) is 0 Å². The lowest BCUT2D eigenvalue weighted by molar-refractivity contribution is -0.114. The Bertz CT molecular complexity index is 151. The van der Waals surface area contributed by atoms with E-state index in [9.17, 15) is 4.79 Å². The molecule has 0 spiro atoms. The van der Waals surface area contributed by atoms with E-state index in [-0.39, 0.29) is 0 Å². The summed E-state index contributed by atoms with van der Waals surface area (Å²) in [5.41, 5.74) is 0. The zero-order valence-corrected chi connectivity index (χ0v) is 8.42. The third-order valence-corrected chi connectivity index (χ3v) is 3.25. The standard InChI is InChI=1S/C11H20O/c1-8(2)11-5-4-9(3)6-10(11)7-12/h7-11H,4-6H2,1-3H3/t9-,10-,11+/m1/s1. The molecular weight excluding hydrogens is 148 g/mol. The average Bonchev–Trinajstić information content (AvgIpc) is 2.03. The molecule has 0 aliphatic heterocycles.